The number of carbonyl (C=O) groups excluding carboxylic acids is 1. The second-order valence-electron chi connectivity index (χ2n) is 5.35. The van der Waals surface area contributed by atoms with Crippen LogP contribution in [0.2, 0.25) is 5.02 Å². The number of carbonyl (C=O) groups is 1. The first-order valence-electron chi connectivity index (χ1n) is 8.02. The SMILES string of the molecule is CCCCCOc1ccc(PC(=O)c2c(Cl)cccc2OC)cc1. The standard InChI is InChI=1S/C19H22ClO3P/c1-3-4-5-13-23-14-9-11-15(12-10-14)24-19(21)18-16(20)7-6-8-17(18)22-2/h6-12,24H,3-5,13H2,1-2H3. The van der Waals surface area contributed by atoms with Gasteiger partial charge in [0.05, 0.1) is 24.3 Å². The molecule has 0 aromatic heterocycles. The van der Waals surface area contributed by atoms with Gasteiger partial charge in [0, 0.05) is 0 Å². The monoisotopic (exact) mass is 364 g/mol. The zero-order chi connectivity index (χ0) is 17.4. The maximum absolute atomic E-state index is 12.6. The zero-order valence-corrected chi connectivity index (χ0v) is 15.7. The van der Waals surface area contributed by atoms with E-state index in [0.29, 0.717) is 16.3 Å². The fourth-order valence-corrected chi connectivity index (χ4v) is 3.57. The normalized spacial score (nSPS) is 11.0. The highest BCUT2D eigenvalue weighted by molar-refractivity contribution is 7.66. The Morgan fingerprint density at radius 3 is 2.54 bits per heavy atom. The van der Waals surface area contributed by atoms with Crippen LogP contribution in [0.1, 0.15) is 36.5 Å². The van der Waals surface area contributed by atoms with Gasteiger partial charge in [0.25, 0.3) is 0 Å². The van der Waals surface area contributed by atoms with Crippen LogP contribution in [-0.4, -0.2) is 19.2 Å². The Bertz CT molecular complexity index is 671. The number of hydrogen-bond acceptors (Lipinski definition) is 3. The Labute approximate surface area is 150 Å². The molecule has 24 heavy (non-hydrogen) atoms. The van der Waals surface area contributed by atoms with Gasteiger partial charge in [0.1, 0.15) is 11.5 Å². The van der Waals surface area contributed by atoms with Crippen molar-refractivity contribution < 1.29 is 14.3 Å². The van der Waals surface area contributed by atoms with Crippen molar-refractivity contribution in [1.82, 2.24) is 0 Å². The molecule has 0 radical (unpaired) electrons. The van der Waals surface area contributed by atoms with E-state index in [4.69, 9.17) is 21.1 Å². The van der Waals surface area contributed by atoms with Gasteiger partial charge >= 0.3 is 0 Å². The lowest BCUT2D eigenvalue weighted by molar-refractivity contribution is 0.108. The van der Waals surface area contributed by atoms with Crippen molar-refractivity contribution >= 4 is 31.0 Å². The third-order valence-corrected chi connectivity index (χ3v) is 4.97. The van der Waals surface area contributed by atoms with E-state index in [2.05, 4.69) is 6.92 Å². The predicted molar refractivity (Wildman–Crippen MR) is 102 cm³/mol. The minimum Gasteiger partial charge on any atom is -0.496 e. The van der Waals surface area contributed by atoms with E-state index in [1.165, 1.54) is 20.0 Å². The van der Waals surface area contributed by atoms with Gasteiger partial charge in [-0.3, -0.25) is 4.79 Å². The molecule has 0 aliphatic rings. The minimum atomic E-state index is -0.0333. The fraction of sp³-hybridized carbons (Fsp3) is 0.316. The molecular weight excluding hydrogens is 343 g/mol. The molecule has 0 N–H and O–H groups in total. The topological polar surface area (TPSA) is 35.5 Å². The van der Waals surface area contributed by atoms with Crippen LogP contribution >= 0.6 is 20.2 Å². The lowest BCUT2D eigenvalue weighted by Gasteiger charge is -2.10. The van der Waals surface area contributed by atoms with Gasteiger partial charge < -0.3 is 9.47 Å². The summed E-state index contributed by atoms with van der Waals surface area (Å²) >= 11 is 6.16. The highest BCUT2D eigenvalue weighted by atomic mass is 35.5. The summed E-state index contributed by atoms with van der Waals surface area (Å²) < 4.78 is 10.9. The molecule has 3 nitrogen and oxygen atoms in total. The molecule has 0 aliphatic heterocycles. The average Bonchev–Trinajstić information content (AvgIpc) is 2.59. The summed E-state index contributed by atoms with van der Waals surface area (Å²) in [5, 5.41) is 1.37. The van der Waals surface area contributed by atoms with E-state index in [1.54, 1.807) is 18.2 Å². The van der Waals surface area contributed by atoms with Crippen molar-refractivity contribution in [3.8, 4) is 11.5 Å². The summed E-state index contributed by atoms with van der Waals surface area (Å²) in [6.07, 6.45) is 3.41. The van der Waals surface area contributed by atoms with Crippen molar-refractivity contribution in [2.45, 2.75) is 26.2 Å². The third kappa shape index (κ3) is 5.22. The van der Waals surface area contributed by atoms with Crippen molar-refractivity contribution in [3.05, 3.63) is 53.1 Å². The molecule has 0 saturated carbocycles. The summed E-state index contributed by atoms with van der Waals surface area (Å²) in [7, 11) is 1.53. The van der Waals surface area contributed by atoms with Crippen LogP contribution in [-0.2, 0) is 0 Å². The number of ether oxygens (including phenoxy) is 2. The summed E-state index contributed by atoms with van der Waals surface area (Å²) in [6, 6.07) is 12.9. The van der Waals surface area contributed by atoms with Crippen LogP contribution in [0.5, 0.6) is 11.5 Å². The van der Waals surface area contributed by atoms with E-state index < -0.39 is 0 Å². The molecule has 2 aromatic rings. The molecule has 1 atom stereocenters. The van der Waals surface area contributed by atoms with Gasteiger partial charge in [-0.15, -0.1) is 0 Å². The van der Waals surface area contributed by atoms with Crippen LogP contribution in [0.15, 0.2) is 42.5 Å². The molecular formula is C19H22ClO3P. The second kappa shape index (κ2) is 9.66. The summed E-state index contributed by atoms with van der Waals surface area (Å²) in [5.74, 6) is 1.35. The Hall–Kier alpha value is -1.57. The van der Waals surface area contributed by atoms with Gasteiger partial charge in [-0.05, 0) is 44.6 Å². The quantitative estimate of drug-likeness (QED) is 0.460. The lowest BCUT2D eigenvalue weighted by atomic mass is 10.2. The summed E-state index contributed by atoms with van der Waals surface area (Å²) in [6.45, 7) is 2.89. The number of unbranched alkanes of at least 4 members (excludes halogenated alkanes) is 2. The number of hydrogen-bond donors (Lipinski definition) is 0. The largest absolute Gasteiger partial charge is 0.496 e. The number of rotatable bonds is 9. The van der Waals surface area contributed by atoms with E-state index >= 15 is 0 Å². The molecule has 2 rings (SSSR count). The molecule has 0 amide bonds. The van der Waals surface area contributed by atoms with E-state index in [9.17, 15) is 4.79 Å². The Balaban J connectivity index is 2.00. The van der Waals surface area contributed by atoms with Gasteiger partial charge in [-0.2, -0.15) is 0 Å². The summed E-state index contributed by atoms with van der Waals surface area (Å²) in [5.41, 5.74) is 0.411. The molecule has 0 saturated heterocycles. The number of benzene rings is 2. The third-order valence-electron chi connectivity index (χ3n) is 3.55. The first-order valence-corrected chi connectivity index (χ1v) is 9.40. The molecule has 0 bridgehead atoms. The molecule has 5 heteroatoms. The first kappa shape index (κ1) is 18.8. The van der Waals surface area contributed by atoms with Crippen molar-refractivity contribution in [1.29, 1.82) is 0 Å². The first-order chi connectivity index (χ1) is 11.7. The average molecular weight is 365 g/mol. The molecule has 1 unspecified atom stereocenters. The molecule has 0 spiro atoms. The highest BCUT2D eigenvalue weighted by Crippen LogP contribution is 2.32. The number of methoxy groups -OCH3 is 1. The smallest absolute Gasteiger partial charge is 0.190 e. The maximum Gasteiger partial charge on any atom is 0.190 e. The van der Waals surface area contributed by atoms with Crippen molar-refractivity contribution in [2.75, 3.05) is 13.7 Å². The Morgan fingerprint density at radius 1 is 1.12 bits per heavy atom. The van der Waals surface area contributed by atoms with Crippen LogP contribution in [0.3, 0.4) is 0 Å². The zero-order valence-electron chi connectivity index (χ0n) is 14.0. The van der Waals surface area contributed by atoms with Crippen LogP contribution in [0.25, 0.3) is 0 Å². The number of halogens is 1. The predicted octanol–water partition coefficient (Wildman–Crippen LogP) is 5.06. The van der Waals surface area contributed by atoms with Gasteiger partial charge in [-0.25, -0.2) is 0 Å². The van der Waals surface area contributed by atoms with Crippen LogP contribution in [0.4, 0.5) is 0 Å². The highest BCUT2D eigenvalue weighted by Gasteiger charge is 2.16. The maximum atomic E-state index is 12.6. The van der Waals surface area contributed by atoms with Gasteiger partial charge in [-0.1, -0.05) is 49.6 Å². The second-order valence-corrected chi connectivity index (χ2v) is 7.04. The van der Waals surface area contributed by atoms with E-state index in [-0.39, 0.29) is 14.1 Å². The van der Waals surface area contributed by atoms with Crippen LogP contribution < -0.4 is 14.8 Å². The molecule has 0 heterocycles. The summed E-state index contributed by atoms with van der Waals surface area (Å²) in [4.78, 5) is 12.6. The molecule has 0 aliphatic carbocycles. The van der Waals surface area contributed by atoms with Crippen molar-refractivity contribution in [2.24, 2.45) is 0 Å². The lowest BCUT2D eigenvalue weighted by Crippen LogP contribution is -2.04. The van der Waals surface area contributed by atoms with Crippen LogP contribution in [0, 0.1) is 0 Å². The van der Waals surface area contributed by atoms with Crippen molar-refractivity contribution in [3.63, 3.8) is 0 Å². The van der Waals surface area contributed by atoms with Gasteiger partial charge in [0.2, 0.25) is 0 Å². The Morgan fingerprint density at radius 2 is 1.88 bits per heavy atom. The molecule has 2 aromatic carbocycles. The minimum absolute atomic E-state index is 0.00870. The molecule has 128 valence electrons. The van der Waals surface area contributed by atoms with E-state index in [0.717, 1.165) is 24.1 Å². The Kier molecular flexibility index (Phi) is 7.55. The van der Waals surface area contributed by atoms with E-state index in [1.807, 2.05) is 24.3 Å². The fourth-order valence-electron chi connectivity index (χ4n) is 2.26. The van der Waals surface area contributed by atoms with Gasteiger partial charge in [0.15, 0.2) is 5.52 Å². The molecule has 0 fully saturated rings.